The molecule has 0 bridgehead atoms. The summed E-state index contributed by atoms with van der Waals surface area (Å²) in [4.78, 5) is 12.5. The zero-order chi connectivity index (χ0) is 26.0. The first-order chi connectivity index (χ1) is 17.1. The van der Waals surface area contributed by atoms with Gasteiger partial charge < -0.3 is 19.3 Å². The smallest absolute Gasteiger partial charge is 0.367 e. The number of carboxylic acid groups (broad SMARTS) is 1. The van der Waals surface area contributed by atoms with Crippen molar-refractivity contribution in [3.05, 3.63) is 0 Å². The van der Waals surface area contributed by atoms with Gasteiger partial charge in [-0.3, -0.25) is 0 Å². The molecule has 0 aromatic carbocycles. The molecular weight excluding hydrogens is 440 g/mol. The highest BCUT2D eigenvalue weighted by molar-refractivity contribution is 5.76. The summed E-state index contributed by atoms with van der Waals surface area (Å²) >= 11 is 0. The lowest BCUT2D eigenvalue weighted by molar-refractivity contribution is -0.288. The van der Waals surface area contributed by atoms with Gasteiger partial charge in [0.05, 0.1) is 13.2 Å². The number of carboxylic acids is 1. The minimum absolute atomic E-state index is 0.376. The fraction of sp³-hybridized carbons (Fsp3) is 0.967. The second kappa shape index (κ2) is 25.0. The Labute approximate surface area is 218 Å². The van der Waals surface area contributed by atoms with E-state index in [1.807, 2.05) is 0 Å². The average Bonchev–Trinajstić information content (AvgIpc) is 2.85. The molecule has 0 aliphatic heterocycles. The van der Waals surface area contributed by atoms with E-state index in [2.05, 4.69) is 27.7 Å². The lowest BCUT2D eigenvalue weighted by Gasteiger charge is -2.36. The number of hydrogen-bond acceptors (Lipinski definition) is 4. The van der Waals surface area contributed by atoms with E-state index in [4.69, 9.17) is 14.2 Å². The number of hydrogen-bond donors (Lipinski definition) is 1. The van der Waals surface area contributed by atoms with Crippen LogP contribution < -0.4 is 0 Å². The van der Waals surface area contributed by atoms with E-state index in [-0.39, 0.29) is 0 Å². The molecule has 0 aliphatic carbocycles. The summed E-state index contributed by atoms with van der Waals surface area (Å²) in [6.45, 7) is 9.83. The first kappa shape index (κ1) is 34.4. The molecule has 1 N–H and O–H groups in total. The summed E-state index contributed by atoms with van der Waals surface area (Å²) in [6, 6.07) is 0. The highest BCUT2D eigenvalue weighted by Crippen LogP contribution is 2.28. The maximum absolute atomic E-state index is 12.5. The first-order valence-corrected chi connectivity index (χ1v) is 15.2. The van der Waals surface area contributed by atoms with Gasteiger partial charge in [-0.2, -0.15) is 0 Å². The topological polar surface area (TPSA) is 65.0 Å². The Morgan fingerprint density at radius 1 is 0.571 bits per heavy atom. The average molecular weight is 501 g/mol. The van der Waals surface area contributed by atoms with Crippen LogP contribution in [0, 0.1) is 0 Å². The predicted octanol–water partition coefficient (Wildman–Crippen LogP) is 9.07. The van der Waals surface area contributed by atoms with Crippen LogP contribution in [0.4, 0.5) is 0 Å². The molecule has 0 heterocycles. The van der Waals surface area contributed by atoms with Gasteiger partial charge in [-0.1, -0.05) is 130 Å². The minimum atomic E-state index is -1.70. The Kier molecular flexibility index (Phi) is 24.6. The fourth-order valence-electron chi connectivity index (χ4n) is 4.33. The number of carbonyl (C=O) groups is 1. The number of ether oxygens (including phenoxy) is 3. The van der Waals surface area contributed by atoms with E-state index >= 15 is 0 Å². The Balaban J connectivity index is 4.60. The third kappa shape index (κ3) is 17.4. The summed E-state index contributed by atoms with van der Waals surface area (Å²) in [7, 11) is 0. The molecule has 0 saturated carbocycles. The van der Waals surface area contributed by atoms with Crippen molar-refractivity contribution < 1.29 is 24.1 Å². The summed E-state index contributed by atoms with van der Waals surface area (Å²) < 4.78 is 18.1. The van der Waals surface area contributed by atoms with E-state index in [1.54, 1.807) is 0 Å². The van der Waals surface area contributed by atoms with Crippen molar-refractivity contribution in [2.24, 2.45) is 0 Å². The van der Waals surface area contributed by atoms with Crippen molar-refractivity contribution in [1.82, 2.24) is 0 Å². The Morgan fingerprint density at radius 2 is 0.943 bits per heavy atom. The largest absolute Gasteiger partial charge is 0.477 e. The highest BCUT2D eigenvalue weighted by Gasteiger charge is 2.49. The van der Waals surface area contributed by atoms with E-state index in [0.29, 0.717) is 26.2 Å². The van der Waals surface area contributed by atoms with E-state index in [0.717, 1.165) is 51.4 Å². The Bertz CT molecular complexity index is 444. The molecule has 0 saturated heterocycles. The molecule has 5 heteroatoms. The standard InChI is InChI=1S/C30H60O5/c1-5-9-13-14-15-16-17-18-19-20-21-22-23-24-28(33-25-10-6-2)30(29(31)32,34-26-11-7-3)35-27-12-8-4/h28H,5-27H2,1-4H3,(H,31,32). The molecule has 0 rings (SSSR count). The normalized spacial score (nSPS) is 12.8. The Morgan fingerprint density at radius 3 is 1.34 bits per heavy atom. The quantitative estimate of drug-likeness (QED) is 0.0857. The van der Waals surface area contributed by atoms with Crippen LogP contribution in [0.5, 0.6) is 0 Å². The van der Waals surface area contributed by atoms with Crippen LogP contribution in [0.15, 0.2) is 0 Å². The zero-order valence-electron chi connectivity index (χ0n) is 23.9. The molecule has 0 fully saturated rings. The third-order valence-corrected chi connectivity index (χ3v) is 6.74. The SMILES string of the molecule is CCCCCCCCCCCCCCCC(OCCCC)C(OCCCC)(OCCCC)C(=O)O. The highest BCUT2D eigenvalue weighted by atomic mass is 16.7. The van der Waals surface area contributed by atoms with Crippen molar-refractivity contribution in [2.75, 3.05) is 19.8 Å². The molecule has 1 unspecified atom stereocenters. The molecule has 1 atom stereocenters. The van der Waals surface area contributed by atoms with Crippen LogP contribution in [-0.4, -0.2) is 42.8 Å². The van der Waals surface area contributed by atoms with Crippen LogP contribution >= 0.6 is 0 Å². The van der Waals surface area contributed by atoms with Gasteiger partial charge in [0.1, 0.15) is 6.10 Å². The zero-order valence-corrected chi connectivity index (χ0v) is 23.9. The van der Waals surface area contributed by atoms with Gasteiger partial charge in [0.2, 0.25) is 0 Å². The number of unbranched alkanes of at least 4 members (excludes halogenated alkanes) is 15. The molecular formula is C30H60O5. The van der Waals surface area contributed by atoms with Gasteiger partial charge in [0.15, 0.2) is 0 Å². The van der Waals surface area contributed by atoms with Gasteiger partial charge in [0, 0.05) is 6.61 Å². The maximum Gasteiger partial charge on any atom is 0.367 e. The van der Waals surface area contributed by atoms with Crippen molar-refractivity contribution in [1.29, 1.82) is 0 Å². The second-order valence-electron chi connectivity index (χ2n) is 10.1. The van der Waals surface area contributed by atoms with Crippen LogP contribution in [0.25, 0.3) is 0 Å². The van der Waals surface area contributed by atoms with Crippen molar-refractivity contribution in [3.63, 3.8) is 0 Å². The number of aliphatic carboxylic acids is 1. The van der Waals surface area contributed by atoms with Crippen molar-refractivity contribution >= 4 is 5.97 Å². The number of rotatable bonds is 28. The van der Waals surface area contributed by atoms with Gasteiger partial charge in [-0.05, 0) is 25.7 Å². The van der Waals surface area contributed by atoms with E-state index < -0.39 is 17.9 Å². The summed E-state index contributed by atoms with van der Waals surface area (Å²) in [5.41, 5.74) is 0. The van der Waals surface area contributed by atoms with Crippen LogP contribution in [0.3, 0.4) is 0 Å². The summed E-state index contributed by atoms with van der Waals surface area (Å²) in [5, 5.41) is 10.2. The van der Waals surface area contributed by atoms with Crippen LogP contribution in [0.2, 0.25) is 0 Å². The maximum atomic E-state index is 12.5. The molecule has 0 amide bonds. The molecule has 0 aliphatic rings. The molecule has 0 aromatic rings. The fourth-order valence-corrected chi connectivity index (χ4v) is 4.33. The van der Waals surface area contributed by atoms with Crippen molar-refractivity contribution in [2.45, 2.75) is 168 Å². The lowest BCUT2D eigenvalue weighted by atomic mass is 10.00. The molecule has 0 spiro atoms. The summed E-state index contributed by atoms with van der Waals surface area (Å²) in [6.07, 6.45) is 22.3. The van der Waals surface area contributed by atoms with Gasteiger partial charge in [0.25, 0.3) is 5.79 Å². The molecule has 5 nitrogen and oxygen atoms in total. The molecule has 0 radical (unpaired) electrons. The predicted molar refractivity (Wildman–Crippen MR) is 147 cm³/mol. The van der Waals surface area contributed by atoms with Crippen LogP contribution in [-0.2, 0) is 19.0 Å². The van der Waals surface area contributed by atoms with Gasteiger partial charge in [-0.25, -0.2) is 4.79 Å². The monoisotopic (exact) mass is 500 g/mol. The molecule has 210 valence electrons. The first-order valence-electron chi connectivity index (χ1n) is 15.2. The second-order valence-corrected chi connectivity index (χ2v) is 10.1. The summed E-state index contributed by atoms with van der Waals surface area (Å²) in [5.74, 6) is -2.75. The van der Waals surface area contributed by atoms with Gasteiger partial charge in [-0.15, -0.1) is 0 Å². The van der Waals surface area contributed by atoms with Crippen molar-refractivity contribution in [3.8, 4) is 0 Å². The minimum Gasteiger partial charge on any atom is -0.477 e. The Hall–Kier alpha value is -0.650. The lowest BCUT2D eigenvalue weighted by Crippen LogP contribution is -2.55. The van der Waals surface area contributed by atoms with E-state index in [9.17, 15) is 9.90 Å². The van der Waals surface area contributed by atoms with E-state index in [1.165, 1.54) is 70.6 Å². The van der Waals surface area contributed by atoms with Gasteiger partial charge >= 0.3 is 5.97 Å². The molecule has 0 aromatic heterocycles. The third-order valence-electron chi connectivity index (χ3n) is 6.74. The van der Waals surface area contributed by atoms with Crippen LogP contribution in [0.1, 0.15) is 156 Å². The molecule has 35 heavy (non-hydrogen) atoms.